The molecule has 0 aliphatic carbocycles. The van der Waals surface area contributed by atoms with Gasteiger partial charge in [-0.1, -0.05) is 20.8 Å². The predicted molar refractivity (Wildman–Crippen MR) is 44.1 cm³/mol. The van der Waals surface area contributed by atoms with Gasteiger partial charge in [0, 0.05) is 6.04 Å². The van der Waals surface area contributed by atoms with Crippen LogP contribution in [0.2, 0.25) is 0 Å². The van der Waals surface area contributed by atoms with E-state index >= 15 is 0 Å². The van der Waals surface area contributed by atoms with Crippen molar-refractivity contribution >= 4 is 5.97 Å². The van der Waals surface area contributed by atoms with Crippen molar-refractivity contribution in [1.29, 1.82) is 0 Å². The van der Waals surface area contributed by atoms with Crippen LogP contribution in [0.25, 0.3) is 0 Å². The third-order valence-corrected chi connectivity index (χ3v) is 1.73. The molecular formula is C8H17NO2. The lowest BCUT2D eigenvalue weighted by Crippen LogP contribution is -2.37. The predicted octanol–water partition coefficient (Wildman–Crippen LogP) is 0.923. The first kappa shape index (κ1) is 10.4. The number of rotatable bonds is 2. The second-order valence-corrected chi connectivity index (χ2v) is 3.75. The van der Waals surface area contributed by atoms with Gasteiger partial charge in [0.2, 0.25) is 0 Å². The molecule has 1 atom stereocenters. The Morgan fingerprint density at radius 1 is 1.55 bits per heavy atom. The van der Waals surface area contributed by atoms with Crippen LogP contribution in [0, 0.1) is 5.41 Å². The summed E-state index contributed by atoms with van der Waals surface area (Å²) in [4.78, 5) is 10.8. The van der Waals surface area contributed by atoms with Gasteiger partial charge < -0.3 is 10.5 Å². The maximum absolute atomic E-state index is 10.8. The molecule has 0 fully saturated rings. The van der Waals surface area contributed by atoms with Crippen molar-refractivity contribution in [3.63, 3.8) is 0 Å². The molecule has 0 saturated carbocycles. The number of methoxy groups -OCH3 is 1. The fraction of sp³-hybridized carbons (Fsp3) is 0.875. The number of carbonyl (C=O) groups excluding carboxylic acids is 1. The lowest BCUT2D eigenvalue weighted by molar-refractivity contribution is -0.141. The monoisotopic (exact) mass is 159 g/mol. The average molecular weight is 159 g/mol. The van der Waals surface area contributed by atoms with Gasteiger partial charge in [0.05, 0.1) is 13.5 Å². The van der Waals surface area contributed by atoms with E-state index in [9.17, 15) is 4.79 Å². The smallest absolute Gasteiger partial charge is 0.307 e. The third-order valence-electron chi connectivity index (χ3n) is 1.73. The summed E-state index contributed by atoms with van der Waals surface area (Å²) in [5.74, 6) is -0.243. The second kappa shape index (κ2) is 3.72. The topological polar surface area (TPSA) is 52.3 Å². The number of nitrogens with two attached hydrogens (primary N) is 1. The van der Waals surface area contributed by atoms with E-state index in [1.54, 1.807) is 0 Å². The van der Waals surface area contributed by atoms with Gasteiger partial charge in [-0.3, -0.25) is 4.79 Å². The Hall–Kier alpha value is -0.570. The highest BCUT2D eigenvalue weighted by Crippen LogP contribution is 2.19. The number of carbonyl (C=O) groups is 1. The molecule has 0 aliphatic rings. The minimum Gasteiger partial charge on any atom is -0.469 e. The lowest BCUT2D eigenvalue weighted by atomic mass is 9.85. The summed E-state index contributed by atoms with van der Waals surface area (Å²) < 4.78 is 4.50. The van der Waals surface area contributed by atoms with Crippen LogP contribution in [0.5, 0.6) is 0 Å². The third kappa shape index (κ3) is 3.98. The summed E-state index contributed by atoms with van der Waals surface area (Å²) in [6, 6.07) is -0.130. The molecule has 0 aromatic rings. The molecule has 2 N–H and O–H groups in total. The maximum Gasteiger partial charge on any atom is 0.307 e. The van der Waals surface area contributed by atoms with Crippen molar-refractivity contribution in [3.8, 4) is 0 Å². The van der Waals surface area contributed by atoms with Gasteiger partial charge in [-0.15, -0.1) is 0 Å². The fourth-order valence-electron chi connectivity index (χ4n) is 0.569. The van der Waals surface area contributed by atoms with Crippen molar-refractivity contribution in [3.05, 3.63) is 0 Å². The van der Waals surface area contributed by atoms with Gasteiger partial charge in [-0.05, 0) is 5.41 Å². The Kier molecular flexibility index (Phi) is 3.52. The molecule has 0 heterocycles. The minimum atomic E-state index is -0.243. The van der Waals surface area contributed by atoms with Crippen LogP contribution in [0.1, 0.15) is 27.2 Å². The number of hydrogen-bond donors (Lipinski definition) is 1. The first-order valence-electron chi connectivity index (χ1n) is 3.70. The molecule has 0 amide bonds. The van der Waals surface area contributed by atoms with Crippen LogP contribution < -0.4 is 5.73 Å². The molecule has 0 aromatic heterocycles. The second-order valence-electron chi connectivity index (χ2n) is 3.75. The van der Waals surface area contributed by atoms with Crippen LogP contribution in [0.15, 0.2) is 0 Å². The molecule has 0 spiro atoms. The van der Waals surface area contributed by atoms with E-state index in [4.69, 9.17) is 5.73 Å². The van der Waals surface area contributed by atoms with Gasteiger partial charge in [0.15, 0.2) is 0 Å². The summed E-state index contributed by atoms with van der Waals surface area (Å²) in [6.45, 7) is 6.00. The molecule has 3 heteroatoms. The van der Waals surface area contributed by atoms with Crippen molar-refractivity contribution < 1.29 is 9.53 Å². The zero-order chi connectivity index (χ0) is 9.07. The SMILES string of the molecule is COC(=O)C[C@H](N)C(C)(C)C. The average Bonchev–Trinajstić information content (AvgIpc) is 1.85. The summed E-state index contributed by atoms with van der Waals surface area (Å²) in [5, 5.41) is 0. The van der Waals surface area contributed by atoms with Crippen LogP contribution >= 0.6 is 0 Å². The van der Waals surface area contributed by atoms with Crippen molar-refractivity contribution in [1.82, 2.24) is 0 Å². The largest absolute Gasteiger partial charge is 0.469 e. The highest BCUT2D eigenvalue weighted by Gasteiger charge is 2.23. The van der Waals surface area contributed by atoms with E-state index in [-0.39, 0.29) is 17.4 Å². The van der Waals surface area contributed by atoms with Crippen LogP contribution in [-0.2, 0) is 9.53 Å². The Morgan fingerprint density at radius 2 is 2.00 bits per heavy atom. The zero-order valence-corrected chi connectivity index (χ0v) is 7.68. The van der Waals surface area contributed by atoms with Gasteiger partial charge in [0.25, 0.3) is 0 Å². The Labute approximate surface area is 67.9 Å². The van der Waals surface area contributed by atoms with Gasteiger partial charge >= 0.3 is 5.97 Å². The first-order valence-corrected chi connectivity index (χ1v) is 3.70. The quantitative estimate of drug-likeness (QED) is 0.610. The normalized spacial score (nSPS) is 14.3. The Bertz CT molecular complexity index is 138. The molecule has 11 heavy (non-hydrogen) atoms. The molecule has 0 rings (SSSR count). The van der Waals surface area contributed by atoms with Gasteiger partial charge in [0.1, 0.15) is 0 Å². The lowest BCUT2D eigenvalue weighted by Gasteiger charge is -2.25. The molecule has 0 aliphatic heterocycles. The number of ether oxygens (including phenoxy) is 1. The fourth-order valence-corrected chi connectivity index (χ4v) is 0.569. The molecule has 66 valence electrons. The summed E-state index contributed by atoms with van der Waals surface area (Å²) >= 11 is 0. The standard InChI is InChI=1S/C8H17NO2/c1-8(2,3)6(9)5-7(10)11-4/h6H,5,9H2,1-4H3/t6-/m0/s1. The van der Waals surface area contributed by atoms with E-state index in [0.29, 0.717) is 6.42 Å². The number of hydrogen-bond acceptors (Lipinski definition) is 3. The molecule has 0 radical (unpaired) electrons. The molecule has 0 aromatic carbocycles. The van der Waals surface area contributed by atoms with Crippen LogP contribution in [0.4, 0.5) is 0 Å². The van der Waals surface area contributed by atoms with E-state index < -0.39 is 0 Å². The van der Waals surface area contributed by atoms with Crippen molar-refractivity contribution in [2.75, 3.05) is 7.11 Å². The van der Waals surface area contributed by atoms with Crippen molar-refractivity contribution in [2.45, 2.75) is 33.2 Å². The van der Waals surface area contributed by atoms with E-state index in [0.717, 1.165) is 0 Å². The van der Waals surface area contributed by atoms with Crippen LogP contribution in [-0.4, -0.2) is 19.1 Å². The highest BCUT2D eigenvalue weighted by atomic mass is 16.5. The molecule has 0 bridgehead atoms. The van der Waals surface area contributed by atoms with Gasteiger partial charge in [-0.25, -0.2) is 0 Å². The zero-order valence-electron chi connectivity index (χ0n) is 7.68. The molecule has 0 saturated heterocycles. The molecule has 3 nitrogen and oxygen atoms in total. The summed E-state index contributed by atoms with van der Waals surface area (Å²) in [6.07, 6.45) is 0.292. The van der Waals surface area contributed by atoms with E-state index in [2.05, 4.69) is 4.74 Å². The summed E-state index contributed by atoms with van der Waals surface area (Å²) in [5.41, 5.74) is 5.69. The summed E-state index contributed by atoms with van der Waals surface area (Å²) in [7, 11) is 1.37. The highest BCUT2D eigenvalue weighted by molar-refractivity contribution is 5.69. The van der Waals surface area contributed by atoms with Gasteiger partial charge in [-0.2, -0.15) is 0 Å². The Balaban J connectivity index is 3.87. The molecular weight excluding hydrogens is 142 g/mol. The minimum absolute atomic E-state index is 0.0335. The number of esters is 1. The van der Waals surface area contributed by atoms with Crippen LogP contribution in [0.3, 0.4) is 0 Å². The maximum atomic E-state index is 10.8. The van der Waals surface area contributed by atoms with E-state index in [1.165, 1.54) is 7.11 Å². The van der Waals surface area contributed by atoms with Crippen molar-refractivity contribution in [2.24, 2.45) is 11.1 Å². The first-order chi connectivity index (χ1) is 4.88. The van der Waals surface area contributed by atoms with E-state index in [1.807, 2.05) is 20.8 Å². The molecule has 0 unspecified atom stereocenters. The Morgan fingerprint density at radius 3 is 2.27 bits per heavy atom.